The summed E-state index contributed by atoms with van der Waals surface area (Å²) in [5.74, 6) is -0.986. The Morgan fingerprint density at radius 2 is 1.75 bits per heavy atom. The van der Waals surface area contributed by atoms with Crippen LogP contribution in [-0.2, 0) is 0 Å². The van der Waals surface area contributed by atoms with E-state index in [1.807, 2.05) is 6.92 Å². The van der Waals surface area contributed by atoms with Gasteiger partial charge in [-0.25, -0.2) is 13.8 Å². The van der Waals surface area contributed by atoms with Crippen molar-refractivity contribution in [2.24, 2.45) is 0 Å². The second-order valence-corrected chi connectivity index (χ2v) is 3.55. The van der Waals surface area contributed by atoms with Gasteiger partial charge in [0, 0.05) is 17.8 Å². The number of anilines is 1. The first kappa shape index (κ1) is 10.5. The van der Waals surface area contributed by atoms with Crippen LogP contribution in [0.5, 0.6) is 0 Å². The summed E-state index contributed by atoms with van der Waals surface area (Å²) in [5, 5.41) is 0. The number of halogens is 2. The van der Waals surface area contributed by atoms with Crippen LogP contribution in [0.25, 0.3) is 11.1 Å². The standard InChI is InChI=1S/C12H10F2N2/c1-7-2-3-16-12(15)11(7)8-4-9(13)6-10(14)5-8/h2-6H,1H3,(H2,15,16). The first-order valence-electron chi connectivity index (χ1n) is 4.75. The van der Waals surface area contributed by atoms with Gasteiger partial charge >= 0.3 is 0 Å². The summed E-state index contributed by atoms with van der Waals surface area (Å²) in [7, 11) is 0. The van der Waals surface area contributed by atoms with Crippen molar-refractivity contribution in [1.82, 2.24) is 4.98 Å². The van der Waals surface area contributed by atoms with Gasteiger partial charge in [0.15, 0.2) is 0 Å². The van der Waals surface area contributed by atoms with Gasteiger partial charge in [-0.1, -0.05) is 0 Å². The Morgan fingerprint density at radius 3 is 2.31 bits per heavy atom. The highest BCUT2D eigenvalue weighted by Crippen LogP contribution is 2.28. The molecule has 4 heteroatoms. The highest BCUT2D eigenvalue weighted by molar-refractivity contribution is 5.76. The summed E-state index contributed by atoms with van der Waals surface area (Å²) in [6.07, 6.45) is 1.56. The van der Waals surface area contributed by atoms with Crippen molar-refractivity contribution >= 4 is 5.82 Å². The zero-order valence-corrected chi connectivity index (χ0v) is 8.67. The molecule has 0 saturated heterocycles. The number of aromatic nitrogens is 1. The van der Waals surface area contributed by atoms with E-state index in [4.69, 9.17) is 5.73 Å². The minimum absolute atomic E-state index is 0.269. The third kappa shape index (κ3) is 1.86. The topological polar surface area (TPSA) is 38.9 Å². The smallest absolute Gasteiger partial charge is 0.131 e. The van der Waals surface area contributed by atoms with Gasteiger partial charge in [0.05, 0.1) is 0 Å². The highest BCUT2D eigenvalue weighted by Gasteiger charge is 2.09. The average Bonchev–Trinajstić information content (AvgIpc) is 2.15. The lowest BCUT2D eigenvalue weighted by Crippen LogP contribution is -1.97. The molecule has 82 valence electrons. The molecule has 0 amide bonds. The van der Waals surface area contributed by atoms with Crippen molar-refractivity contribution in [2.45, 2.75) is 6.92 Å². The van der Waals surface area contributed by atoms with Gasteiger partial charge in [-0.2, -0.15) is 0 Å². The molecule has 0 bridgehead atoms. The van der Waals surface area contributed by atoms with Gasteiger partial charge in [0.1, 0.15) is 17.5 Å². The van der Waals surface area contributed by atoms with E-state index >= 15 is 0 Å². The van der Waals surface area contributed by atoms with E-state index in [0.717, 1.165) is 11.6 Å². The average molecular weight is 220 g/mol. The Hall–Kier alpha value is -1.97. The number of hydrogen-bond donors (Lipinski definition) is 1. The van der Waals surface area contributed by atoms with Gasteiger partial charge in [-0.15, -0.1) is 0 Å². The summed E-state index contributed by atoms with van der Waals surface area (Å²) < 4.78 is 26.2. The molecule has 2 aromatic rings. The second kappa shape index (κ2) is 3.89. The maximum absolute atomic E-state index is 13.1. The monoisotopic (exact) mass is 220 g/mol. The fraction of sp³-hybridized carbons (Fsp3) is 0.0833. The van der Waals surface area contributed by atoms with E-state index in [0.29, 0.717) is 11.1 Å². The number of nitrogens with two attached hydrogens (primary N) is 1. The molecule has 0 atom stereocenters. The van der Waals surface area contributed by atoms with E-state index in [-0.39, 0.29) is 5.82 Å². The van der Waals surface area contributed by atoms with E-state index in [1.54, 1.807) is 12.3 Å². The fourth-order valence-corrected chi connectivity index (χ4v) is 1.65. The third-order valence-electron chi connectivity index (χ3n) is 2.34. The van der Waals surface area contributed by atoms with Crippen molar-refractivity contribution in [1.29, 1.82) is 0 Å². The molecule has 0 aliphatic rings. The van der Waals surface area contributed by atoms with E-state index in [2.05, 4.69) is 4.98 Å². The maximum atomic E-state index is 13.1. The lowest BCUT2D eigenvalue weighted by Gasteiger charge is -2.08. The second-order valence-electron chi connectivity index (χ2n) is 3.55. The molecule has 0 fully saturated rings. The van der Waals surface area contributed by atoms with Crippen LogP contribution >= 0.6 is 0 Å². The number of rotatable bonds is 1. The van der Waals surface area contributed by atoms with Crippen molar-refractivity contribution in [2.75, 3.05) is 5.73 Å². The Kier molecular flexibility index (Phi) is 2.56. The number of nitrogen functional groups attached to an aromatic ring is 1. The van der Waals surface area contributed by atoms with E-state index in [1.165, 1.54) is 12.1 Å². The maximum Gasteiger partial charge on any atom is 0.131 e. The number of pyridine rings is 1. The van der Waals surface area contributed by atoms with Crippen LogP contribution < -0.4 is 5.73 Å². The molecule has 0 radical (unpaired) electrons. The van der Waals surface area contributed by atoms with Crippen LogP contribution in [0, 0.1) is 18.6 Å². The third-order valence-corrected chi connectivity index (χ3v) is 2.34. The minimum Gasteiger partial charge on any atom is -0.383 e. The molecular weight excluding hydrogens is 210 g/mol. The summed E-state index contributed by atoms with van der Waals surface area (Å²) in [5.41, 5.74) is 7.50. The number of benzene rings is 1. The van der Waals surface area contributed by atoms with Gasteiger partial charge in [-0.3, -0.25) is 0 Å². The SMILES string of the molecule is Cc1ccnc(N)c1-c1cc(F)cc(F)c1. The van der Waals surface area contributed by atoms with Gasteiger partial charge in [0.2, 0.25) is 0 Å². The molecule has 1 aromatic carbocycles. The molecule has 1 aromatic heterocycles. The molecule has 0 aliphatic carbocycles. The molecule has 2 nitrogen and oxygen atoms in total. The van der Waals surface area contributed by atoms with Crippen LogP contribution in [0.4, 0.5) is 14.6 Å². The van der Waals surface area contributed by atoms with Crippen LogP contribution in [0.1, 0.15) is 5.56 Å². The van der Waals surface area contributed by atoms with Gasteiger partial charge in [-0.05, 0) is 36.2 Å². The van der Waals surface area contributed by atoms with Crippen molar-refractivity contribution in [3.8, 4) is 11.1 Å². The molecule has 0 unspecified atom stereocenters. The molecule has 1 heterocycles. The number of aryl methyl sites for hydroxylation is 1. The van der Waals surface area contributed by atoms with Gasteiger partial charge in [0.25, 0.3) is 0 Å². The zero-order chi connectivity index (χ0) is 11.7. The van der Waals surface area contributed by atoms with Crippen molar-refractivity contribution < 1.29 is 8.78 Å². The Labute approximate surface area is 91.7 Å². The number of hydrogen-bond acceptors (Lipinski definition) is 2. The van der Waals surface area contributed by atoms with Crippen LogP contribution in [-0.4, -0.2) is 4.98 Å². The Morgan fingerprint density at radius 1 is 1.12 bits per heavy atom. The predicted octanol–water partition coefficient (Wildman–Crippen LogP) is 2.92. The number of nitrogens with zero attached hydrogens (tertiary/aromatic N) is 1. The molecule has 0 aliphatic heterocycles. The van der Waals surface area contributed by atoms with E-state index in [9.17, 15) is 8.78 Å². The normalized spacial score (nSPS) is 10.4. The highest BCUT2D eigenvalue weighted by atomic mass is 19.1. The minimum atomic E-state index is -0.627. The summed E-state index contributed by atoms with van der Waals surface area (Å²) >= 11 is 0. The van der Waals surface area contributed by atoms with Crippen LogP contribution in [0.3, 0.4) is 0 Å². The van der Waals surface area contributed by atoms with Gasteiger partial charge < -0.3 is 5.73 Å². The largest absolute Gasteiger partial charge is 0.383 e. The Balaban J connectivity index is 2.67. The summed E-state index contributed by atoms with van der Waals surface area (Å²) in [4.78, 5) is 3.91. The lowest BCUT2D eigenvalue weighted by atomic mass is 10.0. The zero-order valence-electron chi connectivity index (χ0n) is 8.67. The molecule has 2 N–H and O–H groups in total. The fourth-order valence-electron chi connectivity index (χ4n) is 1.65. The Bertz CT molecular complexity index is 498. The first-order valence-corrected chi connectivity index (χ1v) is 4.75. The van der Waals surface area contributed by atoms with Crippen LogP contribution in [0.15, 0.2) is 30.5 Å². The summed E-state index contributed by atoms with van der Waals surface area (Å²) in [6, 6.07) is 5.05. The predicted molar refractivity (Wildman–Crippen MR) is 58.7 cm³/mol. The van der Waals surface area contributed by atoms with Crippen molar-refractivity contribution in [3.05, 3.63) is 47.7 Å². The molecule has 16 heavy (non-hydrogen) atoms. The molecular formula is C12H10F2N2. The molecule has 0 spiro atoms. The van der Waals surface area contributed by atoms with Crippen molar-refractivity contribution in [3.63, 3.8) is 0 Å². The van der Waals surface area contributed by atoms with Crippen LogP contribution in [0.2, 0.25) is 0 Å². The first-order chi connectivity index (χ1) is 7.58. The lowest BCUT2D eigenvalue weighted by molar-refractivity contribution is 0.584. The van der Waals surface area contributed by atoms with E-state index < -0.39 is 11.6 Å². The summed E-state index contributed by atoms with van der Waals surface area (Å²) in [6.45, 7) is 1.82. The quantitative estimate of drug-likeness (QED) is 0.802. The molecule has 0 saturated carbocycles. The molecule has 2 rings (SSSR count).